The largest absolute Gasteiger partial charge is 0.497 e. The molecule has 1 heterocycles. The summed E-state index contributed by atoms with van der Waals surface area (Å²) in [4.78, 5) is 31.7. The first-order valence-corrected chi connectivity index (χ1v) is 14.4. The molecule has 0 radical (unpaired) electrons. The van der Waals surface area contributed by atoms with E-state index in [1.54, 1.807) is 36.4 Å². The van der Waals surface area contributed by atoms with Crippen LogP contribution in [0.3, 0.4) is 0 Å². The van der Waals surface area contributed by atoms with E-state index in [9.17, 15) is 18.0 Å². The Hall–Kier alpha value is -4.80. The molecule has 8 nitrogen and oxygen atoms in total. The lowest BCUT2D eigenvalue weighted by atomic mass is 10.1. The Labute approximate surface area is 235 Å². The number of carbonyl (C=O) groups excluding carboxylic acids is 2. The van der Waals surface area contributed by atoms with E-state index in [0.29, 0.717) is 21.9 Å². The molecule has 0 unspecified atom stereocenters. The summed E-state index contributed by atoms with van der Waals surface area (Å²) in [5.74, 6) is -0.285. The molecule has 5 rings (SSSR count). The zero-order valence-electron chi connectivity index (χ0n) is 21.2. The van der Waals surface area contributed by atoms with Gasteiger partial charge in [0.1, 0.15) is 10.6 Å². The van der Waals surface area contributed by atoms with Gasteiger partial charge in [0.05, 0.1) is 29.0 Å². The molecule has 0 fully saturated rings. The number of hydrogen-bond donors (Lipinski definition) is 2. The minimum Gasteiger partial charge on any atom is -0.497 e. The van der Waals surface area contributed by atoms with Crippen LogP contribution < -0.4 is 14.8 Å². The van der Waals surface area contributed by atoms with E-state index in [4.69, 9.17) is 4.74 Å². The topological polar surface area (TPSA) is 114 Å². The molecule has 0 saturated heterocycles. The fraction of sp³-hybridized carbons (Fsp3) is 0.0333. The van der Waals surface area contributed by atoms with Crippen LogP contribution >= 0.6 is 11.3 Å². The second kappa shape index (κ2) is 11.5. The molecule has 0 aliphatic carbocycles. The zero-order chi connectivity index (χ0) is 28.1. The Morgan fingerprint density at radius 3 is 2.10 bits per heavy atom. The molecule has 0 spiro atoms. The maximum absolute atomic E-state index is 13.4. The van der Waals surface area contributed by atoms with E-state index in [1.165, 1.54) is 43.5 Å². The number of benzene rings is 4. The maximum Gasteiger partial charge on any atom is 0.261 e. The number of carbonyl (C=O) groups is 2. The summed E-state index contributed by atoms with van der Waals surface area (Å²) >= 11 is 1.06. The predicted octanol–water partition coefficient (Wildman–Crippen LogP) is 6.10. The van der Waals surface area contributed by atoms with Gasteiger partial charge in [0.2, 0.25) is 5.78 Å². The molecule has 4 aromatic carbocycles. The molecule has 2 N–H and O–H groups in total. The van der Waals surface area contributed by atoms with Crippen molar-refractivity contribution in [3.8, 4) is 17.0 Å². The highest BCUT2D eigenvalue weighted by Crippen LogP contribution is 2.33. The monoisotopic (exact) mass is 569 g/mol. The van der Waals surface area contributed by atoms with Crippen LogP contribution in [0.25, 0.3) is 11.3 Å². The molecular weight excluding hydrogens is 546 g/mol. The third kappa shape index (κ3) is 5.78. The van der Waals surface area contributed by atoms with Crippen molar-refractivity contribution in [1.82, 2.24) is 4.98 Å². The average molecular weight is 570 g/mol. The summed E-state index contributed by atoms with van der Waals surface area (Å²) in [5.41, 5.74) is 1.86. The highest BCUT2D eigenvalue weighted by Gasteiger charge is 2.23. The second-order valence-electron chi connectivity index (χ2n) is 8.54. The summed E-state index contributed by atoms with van der Waals surface area (Å²) in [6, 6.07) is 30.2. The Morgan fingerprint density at radius 2 is 1.43 bits per heavy atom. The van der Waals surface area contributed by atoms with Gasteiger partial charge in [-0.25, -0.2) is 13.4 Å². The third-order valence-corrected chi connectivity index (χ3v) is 8.27. The van der Waals surface area contributed by atoms with Gasteiger partial charge in [0.25, 0.3) is 15.9 Å². The van der Waals surface area contributed by atoms with Gasteiger partial charge in [-0.3, -0.25) is 19.6 Å². The number of rotatable bonds is 9. The Morgan fingerprint density at radius 1 is 0.800 bits per heavy atom. The summed E-state index contributed by atoms with van der Waals surface area (Å²) < 4.78 is 33.6. The first kappa shape index (κ1) is 26.8. The summed E-state index contributed by atoms with van der Waals surface area (Å²) in [6.45, 7) is 0. The van der Waals surface area contributed by atoms with Crippen LogP contribution in [0.2, 0.25) is 0 Å². The van der Waals surface area contributed by atoms with Gasteiger partial charge >= 0.3 is 0 Å². The lowest BCUT2D eigenvalue weighted by Gasteiger charge is -2.12. The smallest absolute Gasteiger partial charge is 0.261 e. The van der Waals surface area contributed by atoms with Crippen molar-refractivity contribution in [3.05, 3.63) is 125 Å². The van der Waals surface area contributed by atoms with Gasteiger partial charge in [0, 0.05) is 11.1 Å². The molecule has 0 bridgehead atoms. The van der Waals surface area contributed by atoms with E-state index in [0.717, 1.165) is 16.9 Å². The number of thiazole rings is 1. The van der Waals surface area contributed by atoms with Crippen molar-refractivity contribution in [2.75, 3.05) is 17.1 Å². The van der Waals surface area contributed by atoms with Crippen molar-refractivity contribution in [2.45, 2.75) is 4.90 Å². The fourth-order valence-corrected chi connectivity index (χ4v) is 5.96. The predicted molar refractivity (Wildman–Crippen MR) is 156 cm³/mol. The van der Waals surface area contributed by atoms with Crippen LogP contribution in [0.4, 0.5) is 10.8 Å². The molecule has 10 heteroatoms. The molecule has 1 aromatic heterocycles. The SMILES string of the molecule is COc1ccc(S(=O)(=O)Nc2ccccc2C(=O)Nc2nc(-c3ccccc3)c(C(=O)c3ccccc3)s2)cc1. The van der Waals surface area contributed by atoms with Gasteiger partial charge in [-0.15, -0.1) is 0 Å². The van der Waals surface area contributed by atoms with Crippen molar-refractivity contribution in [2.24, 2.45) is 0 Å². The number of methoxy groups -OCH3 is 1. The second-order valence-corrected chi connectivity index (χ2v) is 11.2. The van der Waals surface area contributed by atoms with Crippen molar-refractivity contribution in [3.63, 3.8) is 0 Å². The van der Waals surface area contributed by atoms with E-state index in [1.807, 2.05) is 36.4 Å². The number of para-hydroxylation sites is 1. The van der Waals surface area contributed by atoms with Gasteiger partial charge in [-0.05, 0) is 36.4 Å². The summed E-state index contributed by atoms with van der Waals surface area (Å²) in [6.07, 6.45) is 0. The maximum atomic E-state index is 13.4. The number of amides is 1. The highest BCUT2D eigenvalue weighted by atomic mass is 32.2. The molecule has 0 aliphatic rings. The van der Waals surface area contributed by atoms with Crippen molar-refractivity contribution in [1.29, 1.82) is 0 Å². The summed E-state index contributed by atoms with van der Waals surface area (Å²) in [5, 5.41) is 2.95. The average Bonchev–Trinajstić information content (AvgIpc) is 3.41. The van der Waals surface area contributed by atoms with E-state index >= 15 is 0 Å². The van der Waals surface area contributed by atoms with Crippen LogP contribution in [0, 0.1) is 0 Å². The fourth-order valence-electron chi connectivity index (χ4n) is 3.93. The minimum absolute atomic E-state index is 0.0139. The van der Waals surface area contributed by atoms with Crippen LogP contribution in [-0.2, 0) is 10.0 Å². The Balaban J connectivity index is 1.44. The van der Waals surface area contributed by atoms with E-state index < -0.39 is 15.9 Å². The number of ether oxygens (including phenoxy) is 1. The van der Waals surface area contributed by atoms with Crippen molar-refractivity contribution >= 4 is 43.9 Å². The van der Waals surface area contributed by atoms with Crippen LogP contribution in [0.5, 0.6) is 5.75 Å². The number of ketones is 1. The lowest BCUT2D eigenvalue weighted by Crippen LogP contribution is -2.18. The standard InChI is InChI=1S/C30H23N3O5S2/c1-38-22-16-18-23(19-17-22)40(36,37)33-25-15-9-8-14-24(25)29(35)32-30-31-26(20-10-4-2-5-11-20)28(39-30)27(34)21-12-6-3-7-13-21/h2-19,33H,1H3,(H,31,32,35). The molecular formula is C30H23N3O5S2. The number of aromatic nitrogens is 1. The van der Waals surface area contributed by atoms with E-state index in [2.05, 4.69) is 15.0 Å². The molecule has 5 aromatic rings. The number of hydrogen-bond acceptors (Lipinski definition) is 7. The molecule has 0 saturated carbocycles. The normalized spacial score (nSPS) is 11.0. The quantitative estimate of drug-likeness (QED) is 0.207. The molecule has 1 amide bonds. The Bertz CT molecular complexity index is 1770. The van der Waals surface area contributed by atoms with Gasteiger partial charge in [0.15, 0.2) is 5.13 Å². The van der Waals surface area contributed by atoms with Gasteiger partial charge in [-0.2, -0.15) is 0 Å². The first-order valence-electron chi connectivity index (χ1n) is 12.1. The van der Waals surface area contributed by atoms with Crippen LogP contribution in [0.1, 0.15) is 25.6 Å². The molecule has 200 valence electrons. The van der Waals surface area contributed by atoms with E-state index in [-0.39, 0.29) is 27.1 Å². The number of nitrogens with zero attached hydrogens (tertiary/aromatic N) is 1. The zero-order valence-corrected chi connectivity index (χ0v) is 22.8. The molecule has 0 aliphatic heterocycles. The van der Waals surface area contributed by atoms with Gasteiger partial charge in [-0.1, -0.05) is 84.1 Å². The summed E-state index contributed by atoms with van der Waals surface area (Å²) in [7, 11) is -2.50. The number of sulfonamides is 1. The molecule has 0 atom stereocenters. The number of nitrogens with one attached hydrogen (secondary N) is 2. The highest BCUT2D eigenvalue weighted by molar-refractivity contribution is 7.92. The lowest BCUT2D eigenvalue weighted by molar-refractivity contribution is 0.102. The number of anilines is 2. The molecule has 40 heavy (non-hydrogen) atoms. The van der Waals surface area contributed by atoms with Crippen LogP contribution in [-0.4, -0.2) is 32.2 Å². The van der Waals surface area contributed by atoms with Crippen LogP contribution in [0.15, 0.2) is 114 Å². The minimum atomic E-state index is -3.99. The Kier molecular flexibility index (Phi) is 7.72. The van der Waals surface area contributed by atoms with Gasteiger partial charge < -0.3 is 4.74 Å². The van der Waals surface area contributed by atoms with Crippen molar-refractivity contribution < 1.29 is 22.7 Å². The first-order chi connectivity index (χ1) is 19.4. The third-order valence-electron chi connectivity index (χ3n) is 5.92.